The van der Waals surface area contributed by atoms with Crippen molar-refractivity contribution in [1.82, 2.24) is 0 Å². The fourth-order valence-electron chi connectivity index (χ4n) is 0.103. The number of hydrogen-bond acceptors (Lipinski definition) is 7. The minimum absolute atomic E-state index is 1.18. The molecule has 0 amide bonds. The Morgan fingerprint density at radius 1 is 1.11 bits per heavy atom. The molecule has 0 aliphatic heterocycles. The van der Waals surface area contributed by atoms with Crippen LogP contribution in [-0.2, 0) is 0 Å². The van der Waals surface area contributed by atoms with Gasteiger partial charge in [-0.3, -0.25) is 0 Å². The molecule has 0 unspecified atom stereocenters. The summed E-state index contributed by atoms with van der Waals surface area (Å²) < 4.78 is 0. The highest BCUT2D eigenvalue weighted by Crippen LogP contribution is 2.52. The number of hydrogen-bond donors (Lipinski definition) is 1. The Kier molecular flexibility index (Phi) is 13.3. The Labute approximate surface area is 83.4 Å². The van der Waals surface area contributed by atoms with E-state index in [-0.39, 0.29) is 0 Å². The topological polar surface area (TPSA) is 0 Å². The van der Waals surface area contributed by atoms with Crippen molar-refractivity contribution in [3.63, 3.8) is 0 Å². The van der Waals surface area contributed by atoms with Gasteiger partial charge in [0.2, 0.25) is 0 Å². The third kappa shape index (κ3) is 10.4. The molecule has 0 aliphatic rings. The number of thiol groups is 1. The van der Waals surface area contributed by atoms with Crippen LogP contribution in [0, 0.1) is 0 Å². The highest BCUT2D eigenvalue weighted by atomic mass is 33.9. The summed E-state index contributed by atoms with van der Waals surface area (Å²) in [6.45, 7) is 2.16. The zero-order chi connectivity index (χ0) is 6.95. The molecule has 0 saturated carbocycles. The zero-order valence-corrected chi connectivity index (χ0v) is 10.4. The molecular formula is C2H6S7. The van der Waals surface area contributed by atoms with Crippen molar-refractivity contribution in [1.29, 1.82) is 0 Å². The number of rotatable bonds is 6. The molecule has 7 heteroatoms. The van der Waals surface area contributed by atoms with Crippen LogP contribution in [0.1, 0.15) is 6.92 Å². The van der Waals surface area contributed by atoms with E-state index in [2.05, 4.69) is 18.6 Å². The molecule has 0 spiro atoms. The maximum absolute atomic E-state index is 3.98. The van der Waals surface area contributed by atoms with Crippen molar-refractivity contribution in [2.75, 3.05) is 5.75 Å². The highest BCUT2D eigenvalue weighted by Gasteiger charge is 1.89. The molecule has 0 aromatic rings. The third-order valence-corrected chi connectivity index (χ3v) is 11.6. The predicted molar refractivity (Wildman–Crippen MR) is 65.1 cm³/mol. The molecule has 0 aliphatic carbocycles. The van der Waals surface area contributed by atoms with Crippen molar-refractivity contribution in [2.24, 2.45) is 0 Å². The van der Waals surface area contributed by atoms with Gasteiger partial charge in [0.25, 0.3) is 0 Å². The second-order valence-corrected chi connectivity index (χ2v) is 11.3. The van der Waals surface area contributed by atoms with Gasteiger partial charge >= 0.3 is 0 Å². The fraction of sp³-hybridized carbons (Fsp3) is 1.00. The molecule has 0 aromatic carbocycles. The molecule has 0 atom stereocenters. The lowest BCUT2D eigenvalue weighted by Crippen LogP contribution is -1.50. The van der Waals surface area contributed by atoms with E-state index in [4.69, 9.17) is 0 Å². The van der Waals surface area contributed by atoms with Gasteiger partial charge in [0.15, 0.2) is 0 Å². The van der Waals surface area contributed by atoms with Crippen molar-refractivity contribution in [3.8, 4) is 0 Å². The molecule has 0 rings (SSSR count). The molecule has 0 nitrogen and oxygen atoms in total. The van der Waals surface area contributed by atoms with Gasteiger partial charge in [0, 0.05) is 5.75 Å². The predicted octanol–water partition coefficient (Wildman–Crippen LogP) is 4.83. The largest absolute Gasteiger partial charge is 0.0988 e. The van der Waals surface area contributed by atoms with Gasteiger partial charge < -0.3 is 0 Å². The fourth-order valence-corrected chi connectivity index (χ4v) is 11.4. The summed E-state index contributed by atoms with van der Waals surface area (Å²) >= 11 is 3.98. The normalized spacial score (nSPS) is 10.0. The molecule has 0 bridgehead atoms. The molecule has 56 valence electrons. The first-order chi connectivity index (χ1) is 4.41. The maximum Gasteiger partial charge on any atom is 0.00169 e. The summed E-state index contributed by atoms with van der Waals surface area (Å²) in [6.07, 6.45) is 0. The van der Waals surface area contributed by atoms with Gasteiger partial charge in [0.1, 0.15) is 0 Å². The van der Waals surface area contributed by atoms with Gasteiger partial charge in [-0.25, -0.2) is 0 Å². The minimum Gasteiger partial charge on any atom is -0.0988 e. The Morgan fingerprint density at radius 3 is 2.33 bits per heavy atom. The van der Waals surface area contributed by atoms with E-state index in [9.17, 15) is 0 Å². The Balaban J connectivity index is 2.60. The van der Waals surface area contributed by atoms with Crippen LogP contribution in [0.4, 0.5) is 0 Å². The van der Waals surface area contributed by atoms with E-state index in [1.807, 2.05) is 20.6 Å². The standard InChI is InChI=1S/C2H6S7/c1-2-4-6-8-9-7-5-3/h3H,2H2,1H3. The molecule has 0 aromatic heterocycles. The van der Waals surface area contributed by atoms with Gasteiger partial charge in [-0.15, -0.1) is 0 Å². The van der Waals surface area contributed by atoms with Gasteiger partial charge in [-0.05, 0) is 49.1 Å². The molecule has 0 fully saturated rings. The van der Waals surface area contributed by atoms with E-state index in [0.717, 1.165) is 0 Å². The summed E-state index contributed by atoms with van der Waals surface area (Å²) in [7, 11) is 10.4. The van der Waals surface area contributed by atoms with Gasteiger partial charge in [-0.2, -0.15) is 0 Å². The Bertz CT molecular complexity index is 40.2. The summed E-state index contributed by atoms with van der Waals surface area (Å²) in [4.78, 5) is 0. The molecule has 0 heterocycles. The summed E-state index contributed by atoms with van der Waals surface area (Å²) in [5, 5.41) is 0. The summed E-state index contributed by atoms with van der Waals surface area (Å²) in [5.74, 6) is 1.18. The second kappa shape index (κ2) is 10.4. The first kappa shape index (κ1) is 11.4. The lowest BCUT2D eigenvalue weighted by atomic mass is 11.0. The van der Waals surface area contributed by atoms with E-state index < -0.39 is 0 Å². The SMILES string of the molecule is CCSSSSSSS. The van der Waals surface area contributed by atoms with Crippen LogP contribution in [-0.4, -0.2) is 5.75 Å². The van der Waals surface area contributed by atoms with Crippen LogP contribution in [0.3, 0.4) is 0 Å². The third-order valence-electron chi connectivity index (χ3n) is 0.280. The van der Waals surface area contributed by atoms with E-state index >= 15 is 0 Å². The highest BCUT2D eigenvalue weighted by molar-refractivity contribution is 9.45. The van der Waals surface area contributed by atoms with Crippen molar-refractivity contribution >= 4 is 71.6 Å². The van der Waals surface area contributed by atoms with Gasteiger partial charge in [0.05, 0.1) is 0 Å². The van der Waals surface area contributed by atoms with Gasteiger partial charge in [-0.1, -0.05) is 29.4 Å². The quantitative estimate of drug-likeness (QED) is 0.407. The van der Waals surface area contributed by atoms with Crippen LogP contribution < -0.4 is 0 Å². The van der Waals surface area contributed by atoms with Crippen LogP contribution in [0.5, 0.6) is 0 Å². The lowest BCUT2D eigenvalue weighted by molar-refractivity contribution is 1.54. The molecular weight excluding hydrogens is 248 g/mol. The van der Waals surface area contributed by atoms with Crippen molar-refractivity contribution in [2.45, 2.75) is 6.92 Å². The van der Waals surface area contributed by atoms with E-state index in [0.29, 0.717) is 0 Å². The average Bonchev–Trinajstić information content (AvgIpc) is 1.89. The van der Waals surface area contributed by atoms with Crippen molar-refractivity contribution < 1.29 is 0 Å². The van der Waals surface area contributed by atoms with Crippen molar-refractivity contribution in [3.05, 3.63) is 0 Å². The minimum atomic E-state index is 1.18. The lowest BCUT2D eigenvalue weighted by Gasteiger charge is -1.92. The molecule has 0 radical (unpaired) electrons. The molecule has 0 saturated heterocycles. The molecule has 9 heavy (non-hydrogen) atoms. The summed E-state index contributed by atoms with van der Waals surface area (Å²) in [5.41, 5.74) is 0. The maximum atomic E-state index is 3.98. The van der Waals surface area contributed by atoms with E-state index in [1.54, 1.807) is 29.5 Å². The average molecular weight is 255 g/mol. The smallest absolute Gasteiger partial charge is 0.00169 e. The Morgan fingerprint density at radius 2 is 1.78 bits per heavy atom. The molecule has 0 N–H and O–H groups in total. The first-order valence-corrected chi connectivity index (χ1v) is 10.7. The second-order valence-electron chi connectivity index (χ2n) is 0.753. The Hall–Kier alpha value is 2.45. The van der Waals surface area contributed by atoms with Crippen LogP contribution >= 0.6 is 71.6 Å². The van der Waals surface area contributed by atoms with E-state index in [1.165, 1.54) is 15.6 Å². The van der Waals surface area contributed by atoms with Crippen LogP contribution in [0.2, 0.25) is 0 Å². The summed E-state index contributed by atoms with van der Waals surface area (Å²) in [6, 6.07) is 0. The van der Waals surface area contributed by atoms with Crippen LogP contribution in [0.15, 0.2) is 0 Å². The van der Waals surface area contributed by atoms with Crippen LogP contribution in [0.25, 0.3) is 0 Å². The monoisotopic (exact) mass is 254 g/mol. The zero-order valence-electron chi connectivity index (χ0n) is 4.60. The first-order valence-electron chi connectivity index (χ1n) is 2.01.